The Bertz CT molecular complexity index is 1730. The largest absolute Gasteiger partial charge is 0.490 e. The van der Waals surface area contributed by atoms with Crippen molar-refractivity contribution in [2.24, 2.45) is 11.8 Å². The molecule has 1 saturated carbocycles. The number of hydrogen-bond acceptors (Lipinski definition) is 8. The van der Waals surface area contributed by atoms with Crippen LogP contribution in [-0.2, 0) is 36.4 Å². The van der Waals surface area contributed by atoms with Crippen LogP contribution in [0.5, 0.6) is 5.75 Å². The second-order valence-corrected chi connectivity index (χ2v) is 18.2. The average molecular weight is 691 g/mol. The maximum absolute atomic E-state index is 13.5. The number of fused-ring (bicyclic) bond motifs is 4. The van der Waals surface area contributed by atoms with Gasteiger partial charge >= 0.3 is 0 Å². The number of methoxy groups -OCH3 is 1. The summed E-state index contributed by atoms with van der Waals surface area (Å²) in [4.78, 5) is 15.9. The van der Waals surface area contributed by atoms with Crippen LogP contribution >= 0.6 is 11.6 Å². The van der Waals surface area contributed by atoms with Gasteiger partial charge in [0.1, 0.15) is 15.6 Å². The van der Waals surface area contributed by atoms with Crippen LogP contribution < -0.4 is 14.4 Å². The van der Waals surface area contributed by atoms with Crippen LogP contribution in [0.2, 0.25) is 5.02 Å². The topological polar surface area (TPSA) is 119 Å². The van der Waals surface area contributed by atoms with Crippen molar-refractivity contribution in [1.82, 2.24) is 4.72 Å². The molecule has 6 rings (SSSR count). The Morgan fingerprint density at radius 3 is 2.72 bits per heavy atom. The predicted molar refractivity (Wildman–Crippen MR) is 180 cm³/mol. The number of ether oxygens (including phenoxy) is 2. The molecule has 9 nitrogen and oxygen atoms in total. The number of aryl methyl sites for hydroxylation is 1. The van der Waals surface area contributed by atoms with E-state index >= 15 is 0 Å². The van der Waals surface area contributed by atoms with Crippen molar-refractivity contribution in [3.63, 3.8) is 0 Å². The first-order valence-corrected chi connectivity index (χ1v) is 20.1. The van der Waals surface area contributed by atoms with Crippen molar-refractivity contribution < 1.29 is 31.1 Å². The zero-order valence-electron chi connectivity index (χ0n) is 26.4. The highest BCUT2D eigenvalue weighted by Gasteiger charge is 2.44. The molecule has 46 heavy (non-hydrogen) atoms. The molecular formula is C34H43ClN2O7S2. The summed E-state index contributed by atoms with van der Waals surface area (Å²) in [5, 5.41) is -0.333. The van der Waals surface area contributed by atoms with Crippen LogP contribution in [0.3, 0.4) is 0 Å². The Morgan fingerprint density at radius 1 is 1.15 bits per heavy atom. The van der Waals surface area contributed by atoms with Gasteiger partial charge in [-0.25, -0.2) is 21.6 Å². The standard InChI is InChI=1S/C34H43ClN2O7S2/c1-43-31-8-4-3-7-27(15-17-45(2,39)40)46(41,42)36-33(38)24-10-14-32-30(19-24)37(20-25-9-12-28(25)31)21-34(22-44-32)16-5-6-23-18-26(35)11-13-29(23)34/h4,8,10-11,13-14,18-19,25,27-28,31H,3,5-7,9,12,15-17,20-22H2,1-2H3,(H,36,38)/b8-4+/t25-,27+,28+,31-,34-/m0/s1. The third-order valence-corrected chi connectivity index (χ3v) is 13.4. The van der Waals surface area contributed by atoms with Gasteiger partial charge in [-0.1, -0.05) is 29.8 Å². The molecule has 4 aliphatic rings. The number of hydrogen-bond donors (Lipinski definition) is 1. The van der Waals surface area contributed by atoms with E-state index in [1.54, 1.807) is 25.3 Å². The highest BCUT2D eigenvalue weighted by Crippen LogP contribution is 2.47. The number of rotatable bonds is 4. The molecule has 0 aromatic heterocycles. The Balaban J connectivity index is 1.40. The summed E-state index contributed by atoms with van der Waals surface area (Å²) < 4.78 is 65.7. The Morgan fingerprint density at radius 2 is 1.98 bits per heavy atom. The van der Waals surface area contributed by atoms with Gasteiger partial charge in [0.2, 0.25) is 10.0 Å². The first-order chi connectivity index (χ1) is 21.9. The monoisotopic (exact) mass is 690 g/mol. The molecule has 2 bridgehead atoms. The van der Waals surface area contributed by atoms with Crippen molar-refractivity contribution in [1.29, 1.82) is 0 Å². The number of amides is 1. The fourth-order valence-corrected chi connectivity index (χ4v) is 10.2. The second kappa shape index (κ2) is 13.1. The smallest absolute Gasteiger partial charge is 0.264 e. The summed E-state index contributed by atoms with van der Waals surface area (Å²) in [5.74, 6) is 0.254. The van der Waals surface area contributed by atoms with Gasteiger partial charge in [0, 0.05) is 42.5 Å². The number of sulfone groups is 1. The third kappa shape index (κ3) is 6.98. The number of benzene rings is 2. The minimum Gasteiger partial charge on any atom is -0.490 e. The zero-order valence-corrected chi connectivity index (χ0v) is 28.8. The van der Waals surface area contributed by atoms with E-state index in [0.29, 0.717) is 31.2 Å². The summed E-state index contributed by atoms with van der Waals surface area (Å²) in [6.07, 6.45) is 10.4. The maximum atomic E-state index is 13.5. The minimum atomic E-state index is -4.18. The fraction of sp³-hybridized carbons (Fsp3) is 0.559. The minimum absolute atomic E-state index is 0.103. The summed E-state index contributed by atoms with van der Waals surface area (Å²) in [7, 11) is -5.88. The molecule has 1 fully saturated rings. The highest BCUT2D eigenvalue weighted by atomic mass is 35.5. The van der Waals surface area contributed by atoms with Crippen LogP contribution in [0.1, 0.15) is 66.4 Å². The van der Waals surface area contributed by atoms with E-state index < -0.39 is 31.0 Å². The van der Waals surface area contributed by atoms with Crippen LogP contribution in [0.15, 0.2) is 48.6 Å². The number of carbonyl (C=O) groups excluding carboxylic acids is 1. The molecular weight excluding hydrogens is 648 g/mol. The molecule has 5 atom stereocenters. The van der Waals surface area contributed by atoms with Crippen molar-refractivity contribution in [3.8, 4) is 5.75 Å². The second-order valence-electron chi connectivity index (χ2n) is 13.5. The van der Waals surface area contributed by atoms with Crippen LogP contribution in [0, 0.1) is 11.8 Å². The van der Waals surface area contributed by atoms with Gasteiger partial charge in [-0.05, 0) is 105 Å². The van der Waals surface area contributed by atoms with E-state index in [-0.39, 0.29) is 41.6 Å². The highest BCUT2D eigenvalue weighted by molar-refractivity contribution is 7.91. The zero-order chi connectivity index (χ0) is 32.7. The van der Waals surface area contributed by atoms with Gasteiger partial charge < -0.3 is 14.4 Å². The first kappa shape index (κ1) is 33.3. The predicted octanol–water partition coefficient (Wildman–Crippen LogP) is 5.07. The molecule has 250 valence electrons. The summed E-state index contributed by atoms with van der Waals surface area (Å²) in [5.41, 5.74) is 3.17. The number of halogens is 1. The molecule has 0 radical (unpaired) electrons. The molecule has 0 saturated heterocycles. The van der Waals surface area contributed by atoms with Crippen molar-refractivity contribution in [2.45, 2.75) is 68.1 Å². The normalized spacial score (nSPS) is 30.2. The Labute approximate surface area is 277 Å². The van der Waals surface area contributed by atoms with Gasteiger partial charge in [0.15, 0.2) is 0 Å². The van der Waals surface area contributed by atoms with E-state index in [1.165, 1.54) is 11.1 Å². The number of nitrogens with zero attached hydrogens (tertiary/aromatic N) is 1. The summed E-state index contributed by atoms with van der Waals surface area (Å²) in [6.45, 7) is 1.91. The molecule has 2 aromatic carbocycles. The molecule has 1 N–H and O–H groups in total. The van der Waals surface area contributed by atoms with Crippen molar-refractivity contribution >= 4 is 43.1 Å². The van der Waals surface area contributed by atoms with Crippen LogP contribution in [0.4, 0.5) is 5.69 Å². The molecule has 1 amide bonds. The lowest BCUT2D eigenvalue weighted by Gasteiger charge is -2.46. The van der Waals surface area contributed by atoms with Gasteiger partial charge in [-0.3, -0.25) is 4.79 Å². The SMILES string of the molecule is CO[C@H]1/C=C/CC[C@H](CCS(C)(=O)=O)S(=O)(=O)NC(=O)c2ccc3c(c2)N(C[C@@H]2CC[C@H]21)C[C@@]1(CCCc2cc(Cl)ccc21)CO3. The van der Waals surface area contributed by atoms with Gasteiger partial charge in [0.25, 0.3) is 5.91 Å². The number of anilines is 1. The quantitative estimate of drug-likeness (QED) is 0.442. The Hall–Kier alpha value is -2.60. The maximum Gasteiger partial charge on any atom is 0.264 e. The lowest BCUT2D eigenvalue weighted by molar-refractivity contribution is 0.0132. The van der Waals surface area contributed by atoms with E-state index in [0.717, 1.165) is 55.6 Å². The van der Waals surface area contributed by atoms with E-state index in [2.05, 4.69) is 21.8 Å². The first-order valence-electron chi connectivity index (χ1n) is 16.1. The molecule has 2 aliphatic carbocycles. The van der Waals surface area contributed by atoms with Crippen LogP contribution in [-0.4, -0.2) is 72.9 Å². The van der Waals surface area contributed by atoms with Crippen LogP contribution in [0.25, 0.3) is 0 Å². The molecule has 2 aliphatic heterocycles. The lowest BCUT2D eigenvalue weighted by atomic mass is 9.68. The molecule has 0 unspecified atom stereocenters. The van der Waals surface area contributed by atoms with E-state index in [4.69, 9.17) is 21.1 Å². The lowest BCUT2D eigenvalue weighted by Crippen LogP contribution is -2.49. The van der Waals surface area contributed by atoms with E-state index in [1.807, 2.05) is 18.2 Å². The third-order valence-electron chi connectivity index (χ3n) is 10.4. The van der Waals surface area contributed by atoms with E-state index in [9.17, 15) is 21.6 Å². The number of nitrogens with one attached hydrogen (secondary N) is 1. The van der Waals surface area contributed by atoms with Crippen molar-refractivity contribution in [3.05, 3.63) is 70.3 Å². The molecule has 1 spiro atoms. The average Bonchev–Trinajstić information content (AvgIpc) is 3.13. The molecule has 2 aromatic rings. The van der Waals surface area contributed by atoms with Gasteiger partial charge in [-0.2, -0.15) is 0 Å². The number of carbonyl (C=O) groups is 1. The van der Waals surface area contributed by atoms with Gasteiger partial charge in [0.05, 0.1) is 29.4 Å². The summed E-state index contributed by atoms with van der Waals surface area (Å²) >= 11 is 6.41. The number of sulfonamides is 1. The van der Waals surface area contributed by atoms with Gasteiger partial charge in [-0.15, -0.1) is 0 Å². The fourth-order valence-electron chi connectivity index (χ4n) is 7.77. The van der Waals surface area contributed by atoms with Crippen molar-refractivity contribution in [2.75, 3.05) is 43.7 Å². The molecule has 2 heterocycles. The summed E-state index contributed by atoms with van der Waals surface area (Å²) in [6, 6.07) is 11.2. The molecule has 12 heteroatoms. The number of allylic oxidation sites excluding steroid dienone is 1. The Kier molecular flexibility index (Phi) is 9.51.